The monoisotopic (exact) mass is 307 g/mol. The third-order valence-electron chi connectivity index (χ3n) is 2.39. The van der Waals surface area contributed by atoms with Gasteiger partial charge in [-0.2, -0.15) is 0 Å². The van der Waals surface area contributed by atoms with E-state index in [2.05, 4.69) is 21.2 Å². The zero-order valence-electron chi connectivity index (χ0n) is 9.64. The topological polar surface area (TPSA) is 32.3 Å². The number of halogens is 3. The van der Waals surface area contributed by atoms with Gasteiger partial charge in [0.25, 0.3) is 0 Å². The molecule has 0 aliphatic heterocycles. The quantitative estimate of drug-likeness (QED) is 0.625. The molecule has 1 aromatic carbocycles. The van der Waals surface area contributed by atoms with Crippen molar-refractivity contribution in [3.63, 3.8) is 0 Å². The zero-order valence-corrected chi connectivity index (χ0v) is 11.2. The smallest absolute Gasteiger partial charge is 0.143 e. The molecule has 0 radical (unpaired) electrons. The van der Waals surface area contributed by atoms with Crippen molar-refractivity contribution >= 4 is 15.9 Å². The number of hydrogen-bond acceptors (Lipinski definition) is 2. The molecule has 96 valence electrons. The third-order valence-corrected chi connectivity index (χ3v) is 3.00. The maximum absolute atomic E-state index is 13.6. The molecule has 0 aliphatic rings. The van der Waals surface area contributed by atoms with E-state index < -0.39 is 17.7 Å². The van der Waals surface area contributed by atoms with E-state index in [0.29, 0.717) is 6.54 Å². The van der Waals surface area contributed by atoms with Crippen molar-refractivity contribution < 1.29 is 13.9 Å². The first-order valence-corrected chi connectivity index (χ1v) is 6.36. The SMILES string of the molecule is CCCNCC(O)Cc1c(F)ccc(Br)c1F. The van der Waals surface area contributed by atoms with Gasteiger partial charge in [-0.1, -0.05) is 6.92 Å². The second-order valence-corrected chi connectivity index (χ2v) is 4.74. The highest BCUT2D eigenvalue weighted by Crippen LogP contribution is 2.22. The Morgan fingerprint density at radius 1 is 1.41 bits per heavy atom. The molecule has 0 aromatic heterocycles. The Morgan fingerprint density at radius 2 is 2.12 bits per heavy atom. The van der Waals surface area contributed by atoms with Gasteiger partial charge in [0.2, 0.25) is 0 Å². The Hall–Kier alpha value is -0.520. The fraction of sp³-hybridized carbons (Fsp3) is 0.500. The minimum absolute atomic E-state index is 0.0339. The van der Waals surface area contributed by atoms with Crippen molar-refractivity contribution in [2.24, 2.45) is 0 Å². The van der Waals surface area contributed by atoms with Crippen LogP contribution in [0.1, 0.15) is 18.9 Å². The Labute approximate surface area is 108 Å². The van der Waals surface area contributed by atoms with Crippen LogP contribution in [-0.4, -0.2) is 24.3 Å². The van der Waals surface area contributed by atoms with Crippen molar-refractivity contribution in [3.8, 4) is 0 Å². The van der Waals surface area contributed by atoms with E-state index in [4.69, 9.17) is 0 Å². The van der Waals surface area contributed by atoms with Gasteiger partial charge in [-0.15, -0.1) is 0 Å². The normalized spacial score (nSPS) is 12.8. The van der Waals surface area contributed by atoms with E-state index in [-0.39, 0.29) is 16.5 Å². The molecule has 0 amide bonds. The van der Waals surface area contributed by atoms with Gasteiger partial charge >= 0.3 is 0 Å². The highest BCUT2D eigenvalue weighted by Gasteiger charge is 2.15. The van der Waals surface area contributed by atoms with Gasteiger partial charge in [0.15, 0.2) is 0 Å². The third kappa shape index (κ3) is 4.33. The molecule has 1 atom stereocenters. The molecule has 0 aliphatic carbocycles. The summed E-state index contributed by atoms with van der Waals surface area (Å²) in [6, 6.07) is 2.50. The van der Waals surface area contributed by atoms with Crippen LogP contribution < -0.4 is 5.32 Å². The molecule has 2 N–H and O–H groups in total. The molecule has 1 aromatic rings. The minimum Gasteiger partial charge on any atom is -0.391 e. The summed E-state index contributed by atoms with van der Waals surface area (Å²) in [5, 5.41) is 12.7. The summed E-state index contributed by atoms with van der Waals surface area (Å²) in [5.41, 5.74) is -0.0785. The van der Waals surface area contributed by atoms with Crippen LogP contribution in [0.5, 0.6) is 0 Å². The molecule has 0 heterocycles. The lowest BCUT2D eigenvalue weighted by Gasteiger charge is -2.13. The summed E-state index contributed by atoms with van der Waals surface area (Å²) in [5.74, 6) is -1.26. The molecule has 1 unspecified atom stereocenters. The largest absolute Gasteiger partial charge is 0.391 e. The fourth-order valence-electron chi connectivity index (χ4n) is 1.51. The summed E-state index contributed by atoms with van der Waals surface area (Å²) in [6.45, 7) is 3.12. The predicted molar refractivity (Wildman–Crippen MR) is 66.9 cm³/mol. The maximum Gasteiger partial charge on any atom is 0.143 e. The number of aliphatic hydroxyl groups is 1. The second kappa shape index (κ2) is 7.03. The molecule has 0 fully saturated rings. The highest BCUT2D eigenvalue weighted by molar-refractivity contribution is 9.10. The first-order valence-electron chi connectivity index (χ1n) is 5.57. The van der Waals surface area contributed by atoms with E-state index in [1.807, 2.05) is 6.92 Å². The van der Waals surface area contributed by atoms with E-state index in [1.165, 1.54) is 12.1 Å². The molecule has 5 heteroatoms. The van der Waals surface area contributed by atoms with Crippen LogP contribution in [0.3, 0.4) is 0 Å². The van der Waals surface area contributed by atoms with Gasteiger partial charge in [0.1, 0.15) is 11.6 Å². The first-order chi connectivity index (χ1) is 8.06. The van der Waals surface area contributed by atoms with Crippen LogP contribution in [0.25, 0.3) is 0 Å². The summed E-state index contributed by atoms with van der Waals surface area (Å²) >= 11 is 3.00. The van der Waals surface area contributed by atoms with Crippen LogP contribution >= 0.6 is 15.9 Å². The average molecular weight is 308 g/mol. The summed E-state index contributed by atoms with van der Waals surface area (Å²) < 4.78 is 27.2. The van der Waals surface area contributed by atoms with E-state index in [1.54, 1.807) is 0 Å². The minimum atomic E-state index is -0.792. The number of nitrogens with one attached hydrogen (secondary N) is 1. The number of aliphatic hydroxyl groups excluding tert-OH is 1. The summed E-state index contributed by atoms with van der Waals surface area (Å²) in [4.78, 5) is 0. The molecule has 1 rings (SSSR count). The molecular weight excluding hydrogens is 292 g/mol. The lowest BCUT2D eigenvalue weighted by Crippen LogP contribution is -2.29. The highest BCUT2D eigenvalue weighted by atomic mass is 79.9. The lowest BCUT2D eigenvalue weighted by atomic mass is 10.1. The standard InChI is InChI=1S/C12H16BrF2NO/c1-2-5-16-7-8(17)6-9-11(14)4-3-10(13)12(9)15/h3-4,8,16-17H,2,5-7H2,1H3. The van der Waals surface area contributed by atoms with Gasteiger partial charge in [-0.25, -0.2) is 8.78 Å². The Kier molecular flexibility index (Phi) is 6.02. The molecule has 0 bridgehead atoms. The molecule has 2 nitrogen and oxygen atoms in total. The summed E-state index contributed by atoms with van der Waals surface area (Å²) in [7, 11) is 0. The van der Waals surface area contributed by atoms with E-state index in [0.717, 1.165) is 13.0 Å². The van der Waals surface area contributed by atoms with E-state index >= 15 is 0 Å². The van der Waals surface area contributed by atoms with Gasteiger partial charge in [0, 0.05) is 18.5 Å². The Bertz CT molecular complexity index is 374. The first kappa shape index (κ1) is 14.5. The zero-order chi connectivity index (χ0) is 12.8. The van der Waals surface area contributed by atoms with Crippen LogP contribution in [0, 0.1) is 11.6 Å². The Morgan fingerprint density at radius 3 is 2.76 bits per heavy atom. The van der Waals surface area contributed by atoms with Crippen LogP contribution in [0.15, 0.2) is 16.6 Å². The van der Waals surface area contributed by atoms with Gasteiger partial charge in [0.05, 0.1) is 10.6 Å². The van der Waals surface area contributed by atoms with Crippen LogP contribution in [0.4, 0.5) is 8.78 Å². The van der Waals surface area contributed by atoms with Gasteiger partial charge in [-0.05, 0) is 41.0 Å². The molecular formula is C12H16BrF2NO. The Balaban J connectivity index is 2.64. The van der Waals surface area contributed by atoms with E-state index in [9.17, 15) is 13.9 Å². The number of benzene rings is 1. The number of hydrogen-bond donors (Lipinski definition) is 2. The summed E-state index contributed by atoms with van der Waals surface area (Å²) in [6.07, 6.45) is 0.125. The molecule has 0 spiro atoms. The van der Waals surface area contributed by atoms with Crippen molar-refractivity contribution in [3.05, 3.63) is 33.8 Å². The molecule has 17 heavy (non-hydrogen) atoms. The van der Waals surface area contributed by atoms with Crippen molar-refractivity contribution in [2.45, 2.75) is 25.9 Å². The average Bonchev–Trinajstić information content (AvgIpc) is 2.30. The lowest BCUT2D eigenvalue weighted by molar-refractivity contribution is 0.169. The van der Waals surface area contributed by atoms with Crippen LogP contribution in [-0.2, 0) is 6.42 Å². The number of rotatable bonds is 6. The molecule has 0 saturated carbocycles. The maximum atomic E-state index is 13.6. The van der Waals surface area contributed by atoms with Gasteiger partial charge in [-0.3, -0.25) is 0 Å². The predicted octanol–water partition coefficient (Wildman–Crippen LogP) is 2.63. The van der Waals surface area contributed by atoms with Gasteiger partial charge < -0.3 is 10.4 Å². The van der Waals surface area contributed by atoms with Crippen LogP contribution in [0.2, 0.25) is 0 Å². The van der Waals surface area contributed by atoms with Crippen molar-refractivity contribution in [1.82, 2.24) is 5.32 Å². The van der Waals surface area contributed by atoms with Crippen molar-refractivity contribution in [2.75, 3.05) is 13.1 Å². The van der Waals surface area contributed by atoms with Crippen molar-refractivity contribution in [1.29, 1.82) is 0 Å². The molecule has 0 saturated heterocycles. The second-order valence-electron chi connectivity index (χ2n) is 3.88. The fourth-order valence-corrected chi connectivity index (χ4v) is 1.88.